The average Bonchev–Trinajstić information content (AvgIpc) is 3.40. The Morgan fingerprint density at radius 3 is 2.83 bits per heavy atom. The van der Waals surface area contributed by atoms with E-state index in [4.69, 9.17) is 9.72 Å². The number of halogens is 1. The maximum atomic E-state index is 5.45. The number of ether oxygens (including phenoxy) is 1. The molecule has 0 atom stereocenters. The van der Waals surface area contributed by atoms with Crippen molar-refractivity contribution in [3.8, 4) is 11.3 Å². The first-order valence-corrected chi connectivity index (χ1v) is 10.6. The topological polar surface area (TPSA) is 96.3 Å². The number of nitrogens with zero attached hydrogens (tertiary/aromatic N) is 6. The van der Waals surface area contributed by atoms with Crippen LogP contribution in [0.5, 0.6) is 0 Å². The van der Waals surface area contributed by atoms with Gasteiger partial charge in [0.05, 0.1) is 42.3 Å². The molecule has 0 saturated carbocycles. The lowest BCUT2D eigenvalue weighted by atomic mass is 10.1. The molecule has 9 nitrogen and oxygen atoms in total. The average molecular weight is 469 g/mol. The normalized spacial score (nSPS) is 14.4. The summed E-state index contributed by atoms with van der Waals surface area (Å²) in [6.07, 6.45) is 3.58. The second-order valence-electron chi connectivity index (χ2n) is 7.09. The van der Waals surface area contributed by atoms with Crippen LogP contribution in [-0.4, -0.2) is 55.9 Å². The third-order valence-corrected chi connectivity index (χ3v) is 5.64. The summed E-state index contributed by atoms with van der Waals surface area (Å²) in [5.74, 6) is 2.09. The number of aryl methyl sites for hydroxylation is 1. The Hall–Kier alpha value is -2.98. The highest BCUT2D eigenvalue weighted by Crippen LogP contribution is 2.23. The summed E-state index contributed by atoms with van der Waals surface area (Å²) in [6, 6.07) is 8.24. The zero-order valence-electron chi connectivity index (χ0n) is 16.5. The van der Waals surface area contributed by atoms with Crippen molar-refractivity contribution in [3.05, 3.63) is 52.5 Å². The number of benzene rings is 1. The van der Waals surface area contributed by atoms with Crippen LogP contribution in [0.15, 0.2) is 41.1 Å². The predicted octanol–water partition coefficient (Wildman–Crippen LogP) is 3.03. The van der Waals surface area contributed by atoms with E-state index in [1.165, 1.54) is 5.56 Å². The number of morpholine rings is 1. The number of hydrogen-bond acceptors (Lipinski definition) is 7. The van der Waals surface area contributed by atoms with E-state index in [1.54, 1.807) is 10.7 Å². The van der Waals surface area contributed by atoms with Gasteiger partial charge in [0.25, 0.3) is 0 Å². The van der Waals surface area contributed by atoms with Gasteiger partial charge in [-0.25, -0.2) is 4.98 Å². The molecular formula is C20H21BrN8O. The number of hydrogen-bond donors (Lipinski definition) is 2. The van der Waals surface area contributed by atoms with E-state index in [1.807, 2.05) is 18.3 Å². The molecule has 1 aromatic carbocycles. The molecule has 0 bridgehead atoms. The van der Waals surface area contributed by atoms with Crippen LogP contribution in [0.25, 0.3) is 16.9 Å². The van der Waals surface area contributed by atoms with Gasteiger partial charge in [-0.05, 0) is 28.4 Å². The van der Waals surface area contributed by atoms with Gasteiger partial charge < -0.3 is 19.9 Å². The summed E-state index contributed by atoms with van der Waals surface area (Å²) < 4.78 is 7.96. The van der Waals surface area contributed by atoms with Crippen molar-refractivity contribution in [2.75, 3.05) is 36.5 Å². The highest BCUT2D eigenvalue weighted by molar-refractivity contribution is 9.10. The lowest BCUT2D eigenvalue weighted by Gasteiger charge is -2.27. The van der Waals surface area contributed by atoms with Crippen LogP contribution in [0.1, 0.15) is 11.4 Å². The van der Waals surface area contributed by atoms with Gasteiger partial charge in [-0.2, -0.15) is 19.6 Å². The van der Waals surface area contributed by atoms with E-state index >= 15 is 0 Å². The van der Waals surface area contributed by atoms with E-state index in [0.717, 1.165) is 34.6 Å². The maximum Gasteiger partial charge on any atom is 0.230 e. The van der Waals surface area contributed by atoms with Gasteiger partial charge in [0.2, 0.25) is 11.9 Å². The van der Waals surface area contributed by atoms with Crippen molar-refractivity contribution >= 4 is 33.5 Å². The van der Waals surface area contributed by atoms with Crippen LogP contribution in [-0.2, 0) is 11.3 Å². The SMILES string of the molecule is Cc1ccccc1-c1cnc(CNc2nc(N3CCOCC3)nc3c(Br)cnn23)[nH]1. The molecule has 0 aliphatic carbocycles. The molecule has 0 radical (unpaired) electrons. The highest BCUT2D eigenvalue weighted by atomic mass is 79.9. The van der Waals surface area contributed by atoms with Crippen molar-refractivity contribution in [1.82, 2.24) is 29.5 Å². The van der Waals surface area contributed by atoms with Gasteiger partial charge in [0.15, 0.2) is 5.65 Å². The van der Waals surface area contributed by atoms with Crippen molar-refractivity contribution in [3.63, 3.8) is 0 Å². The number of aromatic nitrogens is 6. The number of fused-ring (bicyclic) bond motifs is 1. The molecule has 3 aromatic heterocycles. The number of imidazole rings is 1. The minimum absolute atomic E-state index is 0.484. The van der Waals surface area contributed by atoms with Gasteiger partial charge in [-0.1, -0.05) is 24.3 Å². The lowest BCUT2D eigenvalue weighted by molar-refractivity contribution is 0.122. The highest BCUT2D eigenvalue weighted by Gasteiger charge is 2.18. The van der Waals surface area contributed by atoms with Gasteiger partial charge in [0, 0.05) is 18.7 Å². The predicted molar refractivity (Wildman–Crippen MR) is 118 cm³/mol. The molecule has 5 rings (SSSR count). The zero-order valence-corrected chi connectivity index (χ0v) is 18.1. The molecule has 154 valence electrons. The molecule has 1 saturated heterocycles. The van der Waals surface area contributed by atoms with Crippen LogP contribution in [0.3, 0.4) is 0 Å². The fourth-order valence-electron chi connectivity index (χ4n) is 3.49. The van der Waals surface area contributed by atoms with Gasteiger partial charge >= 0.3 is 0 Å². The number of rotatable bonds is 5. The maximum absolute atomic E-state index is 5.45. The summed E-state index contributed by atoms with van der Waals surface area (Å²) in [6.45, 7) is 5.45. The Bertz CT molecular complexity index is 1180. The van der Waals surface area contributed by atoms with E-state index in [-0.39, 0.29) is 0 Å². The molecule has 4 aromatic rings. The van der Waals surface area contributed by atoms with Crippen LogP contribution >= 0.6 is 15.9 Å². The second-order valence-corrected chi connectivity index (χ2v) is 7.94. The Labute approximate surface area is 181 Å². The first-order chi connectivity index (χ1) is 14.7. The first kappa shape index (κ1) is 19.0. The van der Waals surface area contributed by atoms with Crippen molar-refractivity contribution in [2.45, 2.75) is 13.5 Å². The van der Waals surface area contributed by atoms with Crippen LogP contribution in [0, 0.1) is 6.92 Å². The summed E-state index contributed by atoms with van der Waals surface area (Å²) >= 11 is 3.53. The zero-order chi connectivity index (χ0) is 20.5. The Balaban J connectivity index is 1.41. The quantitative estimate of drug-likeness (QED) is 0.464. The van der Waals surface area contributed by atoms with Gasteiger partial charge in [-0.3, -0.25) is 0 Å². The smallest absolute Gasteiger partial charge is 0.230 e. The standard InChI is InChI=1S/C20H21BrN8O/c1-13-4-2-3-5-14(13)16-11-22-17(25-16)12-23-19-27-20(28-6-8-30-9-7-28)26-18-15(21)10-24-29(18)19/h2-5,10-11H,6-9,12H2,1H3,(H,22,25)(H,23,26,27). The number of nitrogens with one attached hydrogen (secondary N) is 2. The van der Waals surface area contributed by atoms with Crippen molar-refractivity contribution in [1.29, 1.82) is 0 Å². The molecular weight excluding hydrogens is 448 g/mol. The van der Waals surface area contributed by atoms with Crippen LogP contribution in [0.4, 0.5) is 11.9 Å². The number of H-pyrrole nitrogens is 1. The monoisotopic (exact) mass is 468 g/mol. The molecule has 4 heterocycles. The van der Waals surface area contributed by atoms with Crippen LogP contribution in [0.2, 0.25) is 0 Å². The Kier molecular flexibility index (Phi) is 5.09. The Morgan fingerprint density at radius 1 is 1.17 bits per heavy atom. The van der Waals surface area contributed by atoms with E-state index in [9.17, 15) is 0 Å². The molecule has 0 unspecified atom stereocenters. The van der Waals surface area contributed by atoms with Gasteiger partial charge in [0.1, 0.15) is 5.82 Å². The summed E-state index contributed by atoms with van der Waals surface area (Å²) in [7, 11) is 0. The molecule has 0 amide bonds. The fourth-order valence-corrected chi connectivity index (χ4v) is 3.83. The van der Waals surface area contributed by atoms with Crippen molar-refractivity contribution < 1.29 is 4.74 Å². The molecule has 30 heavy (non-hydrogen) atoms. The molecule has 1 fully saturated rings. The molecule has 1 aliphatic heterocycles. The summed E-state index contributed by atoms with van der Waals surface area (Å²) in [5.41, 5.74) is 4.06. The number of anilines is 2. The largest absolute Gasteiger partial charge is 0.378 e. The van der Waals surface area contributed by atoms with Crippen LogP contribution < -0.4 is 10.2 Å². The molecule has 0 spiro atoms. The fraction of sp³-hybridized carbons (Fsp3) is 0.300. The van der Waals surface area contributed by atoms with Gasteiger partial charge in [-0.15, -0.1) is 0 Å². The van der Waals surface area contributed by atoms with E-state index in [0.29, 0.717) is 37.3 Å². The van der Waals surface area contributed by atoms with Crippen molar-refractivity contribution in [2.24, 2.45) is 0 Å². The second kappa shape index (κ2) is 8.04. The molecule has 2 N–H and O–H groups in total. The number of aromatic amines is 1. The lowest BCUT2D eigenvalue weighted by Crippen LogP contribution is -2.37. The Morgan fingerprint density at radius 2 is 2.00 bits per heavy atom. The molecule has 1 aliphatic rings. The van der Waals surface area contributed by atoms with E-state index in [2.05, 4.69) is 65.3 Å². The third kappa shape index (κ3) is 3.63. The minimum atomic E-state index is 0.484. The van der Waals surface area contributed by atoms with E-state index < -0.39 is 0 Å². The third-order valence-electron chi connectivity index (χ3n) is 5.08. The summed E-state index contributed by atoms with van der Waals surface area (Å²) in [5, 5.41) is 7.74. The first-order valence-electron chi connectivity index (χ1n) is 9.77. The summed E-state index contributed by atoms with van der Waals surface area (Å²) in [4.78, 5) is 19.4. The minimum Gasteiger partial charge on any atom is -0.378 e. The molecule has 10 heteroatoms.